The zero-order valence-electron chi connectivity index (χ0n) is 21.7. The Hall–Kier alpha value is -1.64. The third-order valence-corrected chi connectivity index (χ3v) is 9.89. The molecule has 196 valence electrons. The number of fused-ring (bicyclic) bond motifs is 3. The van der Waals surface area contributed by atoms with Gasteiger partial charge in [0.15, 0.2) is 6.10 Å². The molecule has 2 aliphatic heterocycles. The van der Waals surface area contributed by atoms with Gasteiger partial charge < -0.3 is 28.8 Å². The SMILES string of the molecule is CCC(C)CO[C@@H]1[C@@H]2OC(=O)[C@]3(C)[C@H]1C[C@@]14C2=CO[C@@H](OC[C@@H](C)[C@H](C)OC(C)=O)C1C[C@@H](O)[C@@H]34. The standard InChI is InChI=1S/C27H40O8/c1-7-13(2)10-31-21-18-9-27-17-8-20(29)23(27)26(18,6)25(30)35-22(21)19(27)12-33-24(17)32-11-14(3)15(4)34-16(5)28/h12-15,17-18,20-24,29H,7-11H2,1-6H3/t13?,14-,15+,17?,18+,20-,21+,22-,23+,24-,26-,27+/m1/s1. The van der Waals surface area contributed by atoms with Gasteiger partial charge in [0, 0.05) is 48.2 Å². The van der Waals surface area contributed by atoms with Crippen LogP contribution in [0.2, 0.25) is 0 Å². The molecule has 2 heterocycles. The highest BCUT2D eigenvalue weighted by atomic mass is 16.7. The molecule has 1 spiro atoms. The van der Waals surface area contributed by atoms with Gasteiger partial charge in [-0.3, -0.25) is 9.59 Å². The molecule has 5 aliphatic rings. The van der Waals surface area contributed by atoms with Crippen molar-refractivity contribution in [2.45, 2.75) is 91.5 Å². The highest BCUT2D eigenvalue weighted by Gasteiger charge is 2.81. The van der Waals surface area contributed by atoms with Gasteiger partial charge in [0.2, 0.25) is 6.29 Å². The molecule has 0 amide bonds. The van der Waals surface area contributed by atoms with Crippen LogP contribution in [0.3, 0.4) is 0 Å². The van der Waals surface area contributed by atoms with Crippen LogP contribution in [0, 0.1) is 40.4 Å². The average molecular weight is 493 g/mol. The van der Waals surface area contributed by atoms with Crippen LogP contribution in [0.5, 0.6) is 0 Å². The van der Waals surface area contributed by atoms with Gasteiger partial charge in [0.05, 0.1) is 24.4 Å². The van der Waals surface area contributed by atoms with E-state index in [9.17, 15) is 14.7 Å². The molecule has 4 fully saturated rings. The van der Waals surface area contributed by atoms with E-state index in [1.807, 2.05) is 20.8 Å². The highest BCUT2D eigenvalue weighted by molar-refractivity contribution is 5.82. The number of hydrogen-bond donors (Lipinski definition) is 1. The average Bonchev–Trinajstić information content (AvgIpc) is 3.21. The Bertz CT molecular complexity index is 902. The second kappa shape index (κ2) is 8.73. The summed E-state index contributed by atoms with van der Waals surface area (Å²) in [6.07, 6.45) is 1.85. The summed E-state index contributed by atoms with van der Waals surface area (Å²) < 4.78 is 30.2. The summed E-state index contributed by atoms with van der Waals surface area (Å²) in [4.78, 5) is 24.7. The monoisotopic (exact) mass is 492 g/mol. The van der Waals surface area contributed by atoms with Crippen molar-refractivity contribution in [3.8, 4) is 0 Å². The lowest BCUT2D eigenvalue weighted by atomic mass is 9.61. The molecule has 0 radical (unpaired) electrons. The van der Waals surface area contributed by atoms with Crippen LogP contribution < -0.4 is 0 Å². The molecule has 0 aromatic rings. The molecule has 1 saturated heterocycles. The summed E-state index contributed by atoms with van der Waals surface area (Å²) in [7, 11) is 0. The van der Waals surface area contributed by atoms with Crippen LogP contribution in [0.25, 0.3) is 0 Å². The first-order valence-corrected chi connectivity index (χ1v) is 13.2. The smallest absolute Gasteiger partial charge is 0.313 e. The van der Waals surface area contributed by atoms with Crippen molar-refractivity contribution in [3.05, 3.63) is 11.8 Å². The van der Waals surface area contributed by atoms with Gasteiger partial charge in [-0.05, 0) is 32.6 Å². The number of esters is 2. The van der Waals surface area contributed by atoms with Crippen LogP contribution in [-0.2, 0) is 33.3 Å². The minimum atomic E-state index is -0.806. The first kappa shape index (κ1) is 25.0. The minimum absolute atomic E-state index is 0.0148. The first-order valence-electron chi connectivity index (χ1n) is 13.2. The molecule has 8 heteroatoms. The molecule has 0 aromatic heterocycles. The van der Waals surface area contributed by atoms with Gasteiger partial charge >= 0.3 is 11.9 Å². The fourth-order valence-electron chi connectivity index (χ4n) is 7.75. The van der Waals surface area contributed by atoms with E-state index in [0.29, 0.717) is 25.6 Å². The Kier molecular flexibility index (Phi) is 6.25. The summed E-state index contributed by atoms with van der Waals surface area (Å²) in [6, 6.07) is 0. The number of rotatable bonds is 9. The number of carbonyl (C=O) groups is 2. The zero-order chi connectivity index (χ0) is 25.3. The van der Waals surface area contributed by atoms with Gasteiger partial charge in [-0.2, -0.15) is 0 Å². The van der Waals surface area contributed by atoms with E-state index in [0.717, 1.165) is 18.4 Å². The van der Waals surface area contributed by atoms with Crippen molar-refractivity contribution in [3.63, 3.8) is 0 Å². The quantitative estimate of drug-likeness (QED) is 0.490. The molecule has 35 heavy (non-hydrogen) atoms. The van der Waals surface area contributed by atoms with Crippen molar-refractivity contribution in [1.82, 2.24) is 0 Å². The van der Waals surface area contributed by atoms with Crippen LogP contribution in [0.4, 0.5) is 0 Å². The summed E-state index contributed by atoms with van der Waals surface area (Å²) in [6.45, 7) is 12.5. The van der Waals surface area contributed by atoms with Gasteiger partial charge in [-0.1, -0.05) is 27.2 Å². The Morgan fingerprint density at radius 1 is 1.23 bits per heavy atom. The van der Waals surface area contributed by atoms with Crippen LogP contribution in [0.1, 0.15) is 60.8 Å². The highest BCUT2D eigenvalue weighted by Crippen LogP contribution is 2.77. The number of aliphatic hydroxyl groups excluding tert-OH is 1. The molecule has 3 aliphatic carbocycles. The normalized spacial score (nSPS) is 45.2. The van der Waals surface area contributed by atoms with E-state index in [-0.39, 0.29) is 47.8 Å². The number of aliphatic hydroxyl groups is 1. The molecule has 1 N–H and O–H groups in total. The van der Waals surface area contributed by atoms with Gasteiger partial charge in [0.1, 0.15) is 12.2 Å². The number of ether oxygens (including phenoxy) is 5. The molecule has 3 saturated carbocycles. The van der Waals surface area contributed by atoms with Crippen molar-refractivity contribution in [2.75, 3.05) is 13.2 Å². The molecule has 12 atom stereocenters. The topological polar surface area (TPSA) is 101 Å². The lowest BCUT2D eigenvalue weighted by molar-refractivity contribution is -0.212. The molecule has 0 aromatic carbocycles. The maximum Gasteiger partial charge on any atom is 0.313 e. The van der Waals surface area contributed by atoms with Crippen molar-refractivity contribution < 1.29 is 38.4 Å². The van der Waals surface area contributed by atoms with Gasteiger partial charge in [-0.25, -0.2) is 0 Å². The predicted octanol–water partition coefficient (Wildman–Crippen LogP) is 3.21. The second-order valence-corrected chi connectivity index (χ2v) is 11.9. The zero-order valence-corrected chi connectivity index (χ0v) is 21.7. The van der Waals surface area contributed by atoms with E-state index in [2.05, 4.69) is 13.8 Å². The van der Waals surface area contributed by atoms with Crippen molar-refractivity contribution in [1.29, 1.82) is 0 Å². The summed E-state index contributed by atoms with van der Waals surface area (Å²) in [5.74, 6) is -0.503. The van der Waals surface area contributed by atoms with Crippen molar-refractivity contribution in [2.24, 2.45) is 40.4 Å². The maximum absolute atomic E-state index is 13.4. The summed E-state index contributed by atoms with van der Waals surface area (Å²) in [5, 5.41) is 11.4. The lowest BCUT2D eigenvalue weighted by Crippen LogP contribution is -2.58. The van der Waals surface area contributed by atoms with E-state index in [4.69, 9.17) is 23.7 Å². The fourth-order valence-corrected chi connectivity index (χ4v) is 7.75. The fraction of sp³-hybridized carbons (Fsp3) is 0.852. The van der Waals surface area contributed by atoms with Gasteiger partial charge in [-0.15, -0.1) is 0 Å². The molecule has 3 bridgehead atoms. The Labute approximate surface area is 207 Å². The molecular weight excluding hydrogens is 452 g/mol. The molecule has 8 nitrogen and oxygen atoms in total. The number of carbonyl (C=O) groups excluding carboxylic acids is 2. The Morgan fingerprint density at radius 3 is 2.66 bits per heavy atom. The number of hydrogen-bond acceptors (Lipinski definition) is 8. The Balaban J connectivity index is 1.43. The minimum Gasteiger partial charge on any atom is -0.472 e. The van der Waals surface area contributed by atoms with E-state index >= 15 is 0 Å². The van der Waals surface area contributed by atoms with Crippen LogP contribution >= 0.6 is 0 Å². The van der Waals surface area contributed by atoms with Crippen LogP contribution in [0.15, 0.2) is 11.8 Å². The third kappa shape index (κ3) is 3.50. The maximum atomic E-state index is 13.4. The molecular formula is C27H40O8. The molecule has 2 unspecified atom stereocenters. The van der Waals surface area contributed by atoms with Crippen LogP contribution in [-0.4, -0.2) is 61.0 Å². The third-order valence-electron chi connectivity index (χ3n) is 9.89. The van der Waals surface area contributed by atoms with E-state index in [1.165, 1.54) is 6.92 Å². The largest absolute Gasteiger partial charge is 0.472 e. The predicted molar refractivity (Wildman–Crippen MR) is 125 cm³/mol. The lowest BCUT2D eigenvalue weighted by Gasteiger charge is -2.51. The summed E-state index contributed by atoms with van der Waals surface area (Å²) in [5.41, 5.74) is -0.260. The van der Waals surface area contributed by atoms with Crippen molar-refractivity contribution >= 4 is 11.9 Å². The summed E-state index contributed by atoms with van der Waals surface area (Å²) >= 11 is 0. The Morgan fingerprint density at radius 2 is 1.97 bits per heavy atom. The van der Waals surface area contributed by atoms with E-state index in [1.54, 1.807) is 6.26 Å². The first-order chi connectivity index (χ1) is 16.5. The molecule has 5 rings (SSSR count). The second-order valence-electron chi connectivity index (χ2n) is 11.9. The van der Waals surface area contributed by atoms with Gasteiger partial charge in [0.25, 0.3) is 0 Å². The van der Waals surface area contributed by atoms with E-state index < -0.39 is 29.3 Å².